The Hall–Kier alpha value is -1.22. The van der Waals surface area contributed by atoms with Gasteiger partial charge < -0.3 is 14.7 Å². The molecule has 1 aromatic rings. The van der Waals surface area contributed by atoms with Gasteiger partial charge in [0.15, 0.2) is 0 Å². The molecule has 1 fully saturated rings. The summed E-state index contributed by atoms with van der Waals surface area (Å²) in [5, 5.41) is 10.0. The minimum atomic E-state index is -0.513. The van der Waals surface area contributed by atoms with Crippen LogP contribution in [0.25, 0.3) is 0 Å². The van der Waals surface area contributed by atoms with Crippen molar-refractivity contribution in [1.82, 2.24) is 0 Å². The average molecular weight is 263 g/mol. The second kappa shape index (κ2) is 5.41. The lowest BCUT2D eigenvalue weighted by Crippen LogP contribution is -2.37. The van der Waals surface area contributed by atoms with E-state index in [2.05, 4.69) is 24.8 Å². The molecular formula is C16H25NO2. The predicted octanol–water partition coefficient (Wildman–Crippen LogP) is 3.37. The molecule has 106 valence electrons. The number of aliphatic hydroxyl groups excluding tert-OH is 1. The number of hydrogen-bond donors (Lipinski definition) is 1. The maximum absolute atomic E-state index is 10.0. The van der Waals surface area contributed by atoms with Gasteiger partial charge in [0, 0.05) is 24.3 Å². The Morgan fingerprint density at radius 3 is 2.42 bits per heavy atom. The highest BCUT2D eigenvalue weighted by atomic mass is 16.5. The molecule has 1 atom stereocenters. The van der Waals surface area contributed by atoms with Gasteiger partial charge in [-0.2, -0.15) is 0 Å². The van der Waals surface area contributed by atoms with Crippen LogP contribution in [0.2, 0.25) is 0 Å². The van der Waals surface area contributed by atoms with Crippen LogP contribution in [-0.2, 0) is 0 Å². The van der Waals surface area contributed by atoms with Crippen molar-refractivity contribution in [3.8, 4) is 5.75 Å². The van der Waals surface area contributed by atoms with E-state index in [1.165, 1.54) is 12.8 Å². The van der Waals surface area contributed by atoms with Crippen molar-refractivity contribution in [3.63, 3.8) is 0 Å². The molecule has 1 N–H and O–H groups in total. The maximum Gasteiger partial charge on any atom is 0.126 e. The van der Waals surface area contributed by atoms with Crippen LogP contribution in [0.3, 0.4) is 0 Å². The molecule has 0 unspecified atom stereocenters. The lowest BCUT2D eigenvalue weighted by Gasteiger charge is -2.39. The zero-order chi connectivity index (χ0) is 14.0. The molecule has 3 nitrogen and oxygen atoms in total. The van der Waals surface area contributed by atoms with Crippen molar-refractivity contribution in [2.75, 3.05) is 25.1 Å². The van der Waals surface area contributed by atoms with Gasteiger partial charge in [0.25, 0.3) is 0 Å². The minimum absolute atomic E-state index is 0.431. The third-order valence-electron chi connectivity index (χ3n) is 4.14. The molecule has 1 aromatic carbocycles. The summed E-state index contributed by atoms with van der Waals surface area (Å²) in [5.74, 6) is 0.775. The lowest BCUT2D eigenvalue weighted by molar-refractivity contribution is 0.194. The van der Waals surface area contributed by atoms with Crippen LogP contribution < -0.4 is 9.64 Å². The molecule has 0 aromatic heterocycles. The first-order valence-corrected chi connectivity index (χ1v) is 7.04. The summed E-state index contributed by atoms with van der Waals surface area (Å²) < 4.78 is 5.39. The van der Waals surface area contributed by atoms with Gasteiger partial charge in [-0.15, -0.1) is 0 Å². The number of hydrogen-bond acceptors (Lipinski definition) is 3. The zero-order valence-electron chi connectivity index (χ0n) is 12.4. The Balaban J connectivity index is 2.30. The molecule has 1 saturated heterocycles. The van der Waals surface area contributed by atoms with Crippen LogP contribution in [0.4, 0.5) is 5.69 Å². The summed E-state index contributed by atoms with van der Waals surface area (Å²) in [6.07, 6.45) is 1.86. The largest absolute Gasteiger partial charge is 0.496 e. The third kappa shape index (κ3) is 3.03. The van der Waals surface area contributed by atoms with E-state index in [-0.39, 0.29) is 0 Å². The van der Waals surface area contributed by atoms with E-state index in [1.807, 2.05) is 12.1 Å². The van der Waals surface area contributed by atoms with Crippen LogP contribution in [0.15, 0.2) is 18.2 Å². The molecule has 2 rings (SSSR count). The first-order chi connectivity index (χ1) is 8.94. The minimum Gasteiger partial charge on any atom is -0.496 e. The van der Waals surface area contributed by atoms with Gasteiger partial charge in [-0.25, -0.2) is 0 Å². The standard InChI is InChI=1S/C16H25NO2/c1-12(18)15-13(6-5-7-14(15)19-4)17-10-8-16(2,3)9-11-17/h5-7,12,18H,8-11H2,1-4H3/t12-/m1/s1. The van der Waals surface area contributed by atoms with E-state index in [9.17, 15) is 5.11 Å². The Morgan fingerprint density at radius 2 is 1.89 bits per heavy atom. The molecule has 19 heavy (non-hydrogen) atoms. The highest BCUT2D eigenvalue weighted by Gasteiger charge is 2.27. The molecule has 0 saturated carbocycles. The van der Waals surface area contributed by atoms with E-state index in [4.69, 9.17) is 4.74 Å². The molecule has 3 heteroatoms. The predicted molar refractivity (Wildman–Crippen MR) is 78.9 cm³/mol. The number of aliphatic hydroxyl groups is 1. The van der Waals surface area contributed by atoms with Crippen molar-refractivity contribution in [1.29, 1.82) is 0 Å². The van der Waals surface area contributed by atoms with E-state index >= 15 is 0 Å². The summed E-state index contributed by atoms with van der Waals surface area (Å²) in [6.45, 7) is 8.53. The molecule has 0 aliphatic carbocycles. The normalized spacial score (nSPS) is 20.2. The summed E-state index contributed by atoms with van der Waals surface area (Å²) in [7, 11) is 1.66. The van der Waals surface area contributed by atoms with Gasteiger partial charge in [0.05, 0.1) is 13.2 Å². The van der Waals surface area contributed by atoms with Crippen molar-refractivity contribution in [2.24, 2.45) is 5.41 Å². The van der Waals surface area contributed by atoms with Crippen LogP contribution in [-0.4, -0.2) is 25.3 Å². The molecule has 0 radical (unpaired) electrons. The SMILES string of the molecule is COc1cccc(N2CCC(C)(C)CC2)c1[C@@H](C)O. The molecule has 0 bridgehead atoms. The number of piperidine rings is 1. The van der Waals surface area contributed by atoms with Crippen molar-refractivity contribution in [3.05, 3.63) is 23.8 Å². The van der Waals surface area contributed by atoms with Crippen molar-refractivity contribution in [2.45, 2.75) is 39.7 Å². The van der Waals surface area contributed by atoms with Crippen molar-refractivity contribution < 1.29 is 9.84 Å². The second-order valence-corrected chi connectivity index (χ2v) is 6.22. The number of benzene rings is 1. The Labute approximate surface area is 116 Å². The number of methoxy groups -OCH3 is 1. The first kappa shape index (κ1) is 14.2. The summed E-state index contributed by atoms with van der Waals surface area (Å²) in [4.78, 5) is 2.37. The van der Waals surface area contributed by atoms with Crippen LogP contribution in [0.1, 0.15) is 45.3 Å². The molecule has 1 heterocycles. The Kier molecular flexibility index (Phi) is 4.04. The summed E-state index contributed by atoms with van der Waals surface area (Å²) in [5.41, 5.74) is 2.45. The fourth-order valence-corrected chi connectivity index (χ4v) is 2.76. The average Bonchev–Trinajstić information content (AvgIpc) is 2.37. The van der Waals surface area contributed by atoms with Crippen molar-refractivity contribution >= 4 is 5.69 Å². The zero-order valence-corrected chi connectivity index (χ0v) is 12.4. The monoisotopic (exact) mass is 263 g/mol. The van der Waals surface area contributed by atoms with Gasteiger partial charge in [-0.3, -0.25) is 0 Å². The number of nitrogens with zero attached hydrogens (tertiary/aromatic N) is 1. The molecule has 0 amide bonds. The topological polar surface area (TPSA) is 32.7 Å². The number of rotatable bonds is 3. The quantitative estimate of drug-likeness (QED) is 0.907. The smallest absolute Gasteiger partial charge is 0.126 e. The summed E-state index contributed by atoms with van der Waals surface area (Å²) in [6, 6.07) is 6.00. The third-order valence-corrected chi connectivity index (χ3v) is 4.14. The fourth-order valence-electron chi connectivity index (χ4n) is 2.76. The van der Waals surface area contributed by atoms with Gasteiger partial charge in [0.2, 0.25) is 0 Å². The lowest BCUT2D eigenvalue weighted by atomic mass is 9.82. The Bertz CT molecular complexity index is 430. The van der Waals surface area contributed by atoms with Crippen LogP contribution in [0.5, 0.6) is 5.75 Å². The fraction of sp³-hybridized carbons (Fsp3) is 0.625. The Morgan fingerprint density at radius 1 is 1.26 bits per heavy atom. The number of ether oxygens (including phenoxy) is 1. The number of anilines is 1. The van der Waals surface area contributed by atoms with E-state index < -0.39 is 6.10 Å². The van der Waals surface area contributed by atoms with Gasteiger partial charge in [-0.1, -0.05) is 19.9 Å². The van der Waals surface area contributed by atoms with Gasteiger partial charge in [-0.05, 0) is 37.3 Å². The second-order valence-electron chi connectivity index (χ2n) is 6.22. The van der Waals surface area contributed by atoms with Gasteiger partial charge in [0.1, 0.15) is 5.75 Å². The highest BCUT2D eigenvalue weighted by molar-refractivity contribution is 5.60. The molecular weight excluding hydrogens is 238 g/mol. The maximum atomic E-state index is 10.0. The summed E-state index contributed by atoms with van der Waals surface area (Å²) >= 11 is 0. The van der Waals surface area contributed by atoms with Gasteiger partial charge >= 0.3 is 0 Å². The van der Waals surface area contributed by atoms with E-state index in [1.54, 1.807) is 14.0 Å². The van der Waals surface area contributed by atoms with E-state index in [0.29, 0.717) is 5.41 Å². The molecule has 0 spiro atoms. The molecule has 1 aliphatic rings. The highest BCUT2D eigenvalue weighted by Crippen LogP contribution is 2.38. The first-order valence-electron chi connectivity index (χ1n) is 7.04. The molecule has 1 aliphatic heterocycles. The van der Waals surface area contributed by atoms with Crippen LogP contribution >= 0.6 is 0 Å². The van der Waals surface area contributed by atoms with Crippen LogP contribution in [0, 0.1) is 5.41 Å². The van der Waals surface area contributed by atoms with E-state index in [0.717, 1.165) is 30.1 Å².